The summed E-state index contributed by atoms with van der Waals surface area (Å²) in [7, 11) is 0. The smallest absolute Gasteiger partial charge is 0.330 e. The third kappa shape index (κ3) is 4.87. The molecule has 4 heteroatoms. The number of carbonyl (C=O) groups is 1. The molecule has 0 rings (SSSR count). The van der Waals surface area contributed by atoms with Crippen molar-refractivity contribution in [2.45, 2.75) is 25.6 Å². The van der Waals surface area contributed by atoms with Gasteiger partial charge in [-0.2, -0.15) is 0 Å². The molecular formula is C8H14O4. The molecule has 0 radical (unpaired) electrons. The highest BCUT2D eigenvalue weighted by atomic mass is 16.6. The Morgan fingerprint density at radius 1 is 1.67 bits per heavy atom. The van der Waals surface area contributed by atoms with E-state index in [1.807, 2.05) is 0 Å². The molecular weight excluding hydrogens is 160 g/mol. The van der Waals surface area contributed by atoms with Crippen molar-refractivity contribution in [3.63, 3.8) is 0 Å². The van der Waals surface area contributed by atoms with Gasteiger partial charge in [-0.05, 0) is 0 Å². The van der Waals surface area contributed by atoms with Gasteiger partial charge in [0.15, 0.2) is 5.79 Å². The largest absolute Gasteiger partial charge is 0.457 e. The number of hydrogen-bond donors (Lipinski definition) is 2. The molecule has 2 N–H and O–H groups in total. The molecule has 0 amide bonds. The van der Waals surface area contributed by atoms with Gasteiger partial charge in [0.05, 0.1) is 0 Å². The van der Waals surface area contributed by atoms with Crippen LogP contribution < -0.4 is 0 Å². The lowest BCUT2D eigenvalue weighted by atomic mass is 10.2. The Labute approximate surface area is 71.5 Å². The molecule has 0 unspecified atom stereocenters. The van der Waals surface area contributed by atoms with Gasteiger partial charge in [0, 0.05) is 12.5 Å². The zero-order valence-electron chi connectivity index (χ0n) is 7.12. The minimum atomic E-state index is -1.91. The molecule has 0 aliphatic heterocycles. The second-order valence-corrected chi connectivity index (χ2v) is 2.54. The van der Waals surface area contributed by atoms with Crippen LogP contribution in [-0.2, 0) is 9.53 Å². The first-order chi connectivity index (χ1) is 5.52. The summed E-state index contributed by atoms with van der Waals surface area (Å²) in [5.41, 5.74) is 0. The van der Waals surface area contributed by atoms with E-state index in [0.29, 0.717) is 6.42 Å². The lowest BCUT2D eigenvalue weighted by molar-refractivity contribution is -0.203. The molecule has 0 saturated heterocycles. The first-order valence-electron chi connectivity index (χ1n) is 3.76. The molecule has 12 heavy (non-hydrogen) atoms. The average Bonchev–Trinajstić information content (AvgIpc) is 2.00. The number of ether oxygens (including phenoxy) is 1. The highest BCUT2D eigenvalue weighted by Crippen LogP contribution is 2.08. The summed E-state index contributed by atoms with van der Waals surface area (Å²) in [6, 6.07) is 0. The fourth-order valence-corrected chi connectivity index (χ4v) is 0.718. The second-order valence-electron chi connectivity index (χ2n) is 2.54. The van der Waals surface area contributed by atoms with Crippen molar-refractivity contribution in [1.29, 1.82) is 0 Å². The van der Waals surface area contributed by atoms with Gasteiger partial charge in [0.1, 0.15) is 6.61 Å². The predicted molar refractivity (Wildman–Crippen MR) is 43.2 cm³/mol. The van der Waals surface area contributed by atoms with Gasteiger partial charge in [-0.3, -0.25) is 0 Å². The van der Waals surface area contributed by atoms with Crippen LogP contribution in [0.1, 0.15) is 19.8 Å². The molecule has 0 aliphatic carbocycles. The molecule has 0 aromatic heterocycles. The predicted octanol–water partition coefficient (Wildman–Crippen LogP) is 0.197. The molecule has 0 spiro atoms. The van der Waals surface area contributed by atoms with Gasteiger partial charge >= 0.3 is 5.97 Å². The SMILES string of the molecule is C=CC(=O)OCC(O)(O)CCC. The summed E-state index contributed by atoms with van der Waals surface area (Å²) in [4.78, 5) is 10.5. The zero-order chi connectivity index (χ0) is 9.61. The molecule has 0 atom stereocenters. The topological polar surface area (TPSA) is 66.8 Å². The lowest BCUT2D eigenvalue weighted by Gasteiger charge is -2.19. The molecule has 4 nitrogen and oxygen atoms in total. The third-order valence-electron chi connectivity index (χ3n) is 1.26. The van der Waals surface area contributed by atoms with Crippen molar-refractivity contribution in [2.75, 3.05) is 6.61 Å². The van der Waals surface area contributed by atoms with Gasteiger partial charge in [-0.1, -0.05) is 19.9 Å². The Balaban J connectivity index is 3.74. The van der Waals surface area contributed by atoms with E-state index in [1.165, 1.54) is 0 Å². The quantitative estimate of drug-likeness (QED) is 0.355. The zero-order valence-corrected chi connectivity index (χ0v) is 7.12. The highest BCUT2D eigenvalue weighted by Gasteiger charge is 2.23. The summed E-state index contributed by atoms with van der Waals surface area (Å²) in [5.74, 6) is -2.56. The maximum atomic E-state index is 10.5. The molecule has 0 fully saturated rings. The van der Waals surface area contributed by atoms with Crippen LogP contribution in [0.2, 0.25) is 0 Å². The Hall–Kier alpha value is -0.870. The highest BCUT2D eigenvalue weighted by molar-refractivity contribution is 5.81. The van der Waals surface area contributed by atoms with Crippen LogP contribution in [0.25, 0.3) is 0 Å². The van der Waals surface area contributed by atoms with E-state index in [4.69, 9.17) is 10.2 Å². The molecule has 0 aliphatic rings. The van der Waals surface area contributed by atoms with Crippen molar-refractivity contribution in [2.24, 2.45) is 0 Å². The third-order valence-corrected chi connectivity index (χ3v) is 1.26. The van der Waals surface area contributed by atoms with Crippen molar-refractivity contribution < 1.29 is 19.7 Å². The minimum Gasteiger partial charge on any atom is -0.457 e. The fourth-order valence-electron chi connectivity index (χ4n) is 0.718. The summed E-state index contributed by atoms with van der Waals surface area (Å²) in [5, 5.41) is 18.2. The van der Waals surface area contributed by atoms with E-state index in [0.717, 1.165) is 6.08 Å². The summed E-state index contributed by atoms with van der Waals surface area (Å²) in [6.45, 7) is 4.56. The van der Waals surface area contributed by atoms with Gasteiger partial charge in [0.2, 0.25) is 0 Å². The number of hydrogen-bond acceptors (Lipinski definition) is 4. The van der Waals surface area contributed by atoms with Crippen molar-refractivity contribution in [1.82, 2.24) is 0 Å². The fraction of sp³-hybridized carbons (Fsp3) is 0.625. The van der Waals surface area contributed by atoms with Gasteiger partial charge in [0.25, 0.3) is 0 Å². The maximum Gasteiger partial charge on any atom is 0.330 e. The number of carbonyl (C=O) groups excluding carboxylic acids is 1. The summed E-state index contributed by atoms with van der Waals surface area (Å²) >= 11 is 0. The Kier molecular flexibility index (Phi) is 4.54. The number of rotatable bonds is 5. The van der Waals surface area contributed by atoms with Crippen LogP contribution in [0.15, 0.2) is 12.7 Å². The molecule has 0 aromatic rings. The molecule has 0 bridgehead atoms. The maximum absolute atomic E-state index is 10.5. The number of aliphatic hydroxyl groups is 2. The monoisotopic (exact) mass is 174 g/mol. The molecule has 70 valence electrons. The molecule has 0 aromatic carbocycles. The van der Waals surface area contributed by atoms with E-state index >= 15 is 0 Å². The van der Waals surface area contributed by atoms with E-state index in [1.54, 1.807) is 6.92 Å². The van der Waals surface area contributed by atoms with Crippen LogP contribution in [0, 0.1) is 0 Å². The summed E-state index contributed by atoms with van der Waals surface area (Å²) in [6.07, 6.45) is 1.76. The summed E-state index contributed by atoms with van der Waals surface area (Å²) < 4.78 is 4.45. The first kappa shape index (κ1) is 11.1. The van der Waals surface area contributed by atoms with Crippen molar-refractivity contribution >= 4 is 5.97 Å². The van der Waals surface area contributed by atoms with E-state index in [-0.39, 0.29) is 6.42 Å². The van der Waals surface area contributed by atoms with Crippen molar-refractivity contribution in [3.8, 4) is 0 Å². The second kappa shape index (κ2) is 4.90. The van der Waals surface area contributed by atoms with Crippen LogP contribution in [0.5, 0.6) is 0 Å². The van der Waals surface area contributed by atoms with E-state index < -0.39 is 18.4 Å². The van der Waals surface area contributed by atoms with Gasteiger partial charge < -0.3 is 14.9 Å². The average molecular weight is 174 g/mol. The first-order valence-corrected chi connectivity index (χ1v) is 3.76. The van der Waals surface area contributed by atoms with Crippen LogP contribution >= 0.6 is 0 Å². The van der Waals surface area contributed by atoms with Crippen molar-refractivity contribution in [3.05, 3.63) is 12.7 Å². The van der Waals surface area contributed by atoms with E-state index in [9.17, 15) is 4.79 Å². The molecule has 0 saturated carbocycles. The standard InChI is InChI=1S/C8H14O4/c1-3-5-8(10,11)6-12-7(9)4-2/h4,10-11H,2-3,5-6H2,1H3. The molecule has 0 heterocycles. The van der Waals surface area contributed by atoms with Gasteiger partial charge in [-0.15, -0.1) is 0 Å². The Morgan fingerprint density at radius 2 is 2.25 bits per heavy atom. The Bertz CT molecular complexity index is 162. The van der Waals surface area contributed by atoms with Crippen LogP contribution in [0.4, 0.5) is 0 Å². The van der Waals surface area contributed by atoms with Crippen LogP contribution in [-0.4, -0.2) is 28.6 Å². The minimum absolute atomic E-state index is 0.178. The van der Waals surface area contributed by atoms with Crippen LogP contribution in [0.3, 0.4) is 0 Å². The normalized spacial score (nSPS) is 10.9. The number of esters is 1. The lowest BCUT2D eigenvalue weighted by Crippen LogP contribution is -2.34. The Morgan fingerprint density at radius 3 is 2.67 bits per heavy atom. The van der Waals surface area contributed by atoms with Gasteiger partial charge in [-0.25, -0.2) is 4.79 Å². The van der Waals surface area contributed by atoms with E-state index in [2.05, 4.69) is 11.3 Å².